The van der Waals surface area contributed by atoms with Gasteiger partial charge in [-0.15, -0.1) is 0 Å². The van der Waals surface area contributed by atoms with E-state index in [4.69, 9.17) is 21.4 Å². The van der Waals surface area contributed by atoms with Crippen LogP contribution in [0.4, 0.5) is 5.69 Å². The summed E-state index contributed by atoms with van der Waals surface area (Å²) in [7, 11) is -0.103. The van der Waals surface area contributed by atoms with Gasteiger partial charge in [0.05, 0.1) is 12.7 Å². The Labute approximate surface area is 129 Å². The molecule has 7 heteroatoms. The molecular formula is C14H12ClNO4S. The van der Waals surface area contributed by atoms with E-state index in [2.05, 4.69) is 4.72 Å². The minimum Gasteiger partial charge on any atom is -0.495 e. The van der Waals surface area contributed by atoms with E-state index >= 15 is 0 Å². The van der Waals surface area contributed by atoms with Gasteiger partial charge < -0.3 is 14.6 Å². The monoisotopic (exact) mass is 325 g/mol. The molecule has 21 heavy (non-hydrogen) atoms. The molecule has 0 radical (unpaired) electrons. The van der Waals surface area contributed by atoms with Crippen LogP contribution in [0.25, 0.3) is 0 Å². The highest BCUT2D eigenvalue weighted by molar-refractivity contribution is 7.86. The molecule has 1 unspecified atom stereocenters. The minimum absolute atomic E-state index is 0.159. The van der Waals surface area contributed by atoms with Gasteiger partial charge in [0.15, 0.2) is 11.0 Å². The zero-order chi connectivity index (χ0) is 15.4. The lowest BCUT2D eigenvalue weighted by Crippen LogP contribution is -2.07. The number of hydrogen-bond acceptors (Lipinski definition) is 3. The highest BCUT2D eigenvalue weighted by atomic mass is 35.5. The largest absolute Gasteiger partial charge is 0.495 e. The standard InChI is InChI=1S/C14H12ClNO4S/c1-20-12-7-4-10(15)8-13(12)21(19)16-11-5-2-9(3-6-11)14(17)18/h2-8,16H,1H3,(H,17,18). The molecule has 0 heterocycles. The molecule has 2 aromatic carbocycles. The van der Waals surface area contributed by atoms with E-state index in [1.165, 1.54) is 19.2 Å². The number of aromatic carboxylic acids is 1. The van der Waals surface area contributed by atoms with E-state index in [0.717, 1.165) is 0 Å². The molecule has 0 aromatic heterocycles. The second kappa shape index (κ2) is 6.60. The van der Waals surface area contributed by atoms with E-state index in [0.29, 0.717) is 21.4 Å². The number of methoxy groups -OCH3 is 1. The molecule has 0 saturated heterocycles. The maximum atomic E-state index is 12.3. The van der Waals surface area contributed by atoms with Crippen LogP contribution in [0.5, 0.6) is 5.75 Å². The molecule has 1 atom stereocenters. The number of carboxylic acids is 1. The second-order valence-electron chi connectivity index (χ2n) is 4.05. The maximum Gasteiger partial charge on any atom is 0.335 e. The molecule has 2 N–H and O–H groups in total. The second-order valence-corrected chi connectivity index (χ2v) is 5.67. The van der Waals surface area contributed by atoms with Crippen LogP contribution < -0.4 is 9.46 Å². The van der Waals surface area contributed by atoms with Gasteiger partial charge in [-0.2, -0.15) is 0 Å². The number of hydrogen-bond donors (Lipinski definition) is 2. The molecule has 0 bridgehead atoms. The van der Waals surface area contributed by atoms with Crippen molar-refractivity contribution in [1.82, 2.24) is 0 Å². The van der Waals surface area contributed by atoms with Crippen molar-refractivity contribution < 1.29 is 18.8 Å². The summed E-state index contributed by atoms with van der Waals surface area (Å²) in [6.07, 6.45) is 0. The van der Waals surface area contributed by atoms with Gasteiger partial charge in [0.2, 0.25) is 0 Å². The Balaban J connectivity index is 2.21. The van der Waals surface area contributed by atoms with Gasteiger partial charge in [0.1, 0.15) is 10.6 Å². The third-order valence-corrected chi connectivity index (χ3v) is 4.04. The molecule has 0 fully saturated rings. The Hall–Kier alpha value is -2.05. The van der Waals surface area contributed by atoms with E-state index in [1.54, 1.807) is 30.3 Å². The van der Waals surface area contributed by atoms with Gasteiger partial charge >= 0.3 is 5.97 Å². The molecular weight excluding hydrogens is 314 g/mol. The molecule has 0 saturated carbocycles. The number of rotatable bonds is 5. The van der Waals surface area contributed by atoms with Crippen molar-refractivity contribution in [2.45, 2.75) is 4.90 Å². The van der Waals surface area contributed by atoms with Gasteiger partial charge in [0.25, 0.3) is 0 Å². The van der Waals surface area contributed by atoms with E-state index in [1.807, 2.05) is 0 Å². The van der Waals surface area contributed by atoms with Crippen LogP contribution in [0.15, 0.2) is 47.4 Å². The Morgan fingerprint density at radius 3 is 2.48 bits per heavy atom. The average Bonchev–Trinajstić information content (AvgIpc) is 2.47. The number of carboxylic acid groups (broad SMARTS) is 1. The van der Waals surface area contributed by atoms with Crippen LogP contribution in [-0.2, 0) is 11.0 Å². The lowest BCUT2D eigenvalue weighted by Gasteiger charge is -2.10. The molecule has 0 spiro atoms. The summed E-state index contributed by atoms with van der Waals surface area (Å²) in [5, 5.41) is 9.27. The summed E-state index contributed by atoms with van der Waals surface area (Å²) < 4.78 is 20.2. The third-order valence-electron chi connectivity index (χ3n) is 2.67. The molecule has 2 aromatic rings. The van der Waals surface area contributed by atoms with Crippen LogP contribution in [0.2, 0.25) is 5.02 Å². The fraction of sp³-hybridized carbons (Fsp3) is 0.0714. The van der Waals surface area contributed by atoms with Crippen LogP contribution in [0, 0.1) is 0 Å². The van der Waals surface area contributed by atoms with E-state index in [-0.39, 0.29) is 5.56 Å². The SMILES string of the molecule is COc1ccc(Cl)cc1S(=O)Nc1ccc(C(=O)O)cc1. The lowest BCUT2D eigenvalue weighted by atomic mass is 10.2. The highest BCUT2D eigenvalue weighted by Crippen LogP contribution is 2.26. The van der Waals surface area contributed by atoms with Crippen LogP contribution in [-0.4, -0.2) is 22.4 Å². The number of benzene rings is 2. The summed E-state index contributed by atoms with van der Waals surface area (Å²) in [5.41, 5.74) is 0.687. The van der Waals surface area contributed by atoms with Crippen molar-refractivity contribution in [3.05, 3.63) is 53.1 Å². The highest BCUT2D eigenvalue weighted by Gasteiger charge is 2.12. The van der Waals surface area contributed by atoms with Crippen molar-refractivity contribution in [2.75, 3.05) is 11.8 Å². The number of halogens is 1. The number of anilines is 1. The quantitative estimate of drug-likeness (QED) is 0.885. The molecule has 110 valence electrons. The first-order valence-electron chi connectivity index (χ1n) is 5.86. The molecule has 5 nitrogen and oxygen atoms in total. The molecule has 0 aliphatic rings. The van der Waals surface area contributed by atoms with Crippen molar-refractivity contribution in [3.8, 4) is 5.75 Å². The smallest absolute Gasteiger partial charge is 0.335 e. The summed E-state index contributed by atoms with van der Waals surface area (Å²) >= 11 is 5.89. The molecule has 0 amide bonds. The Morgan fingerprint density at radius 2 is 1.90 bits per heavy atom. The minimum atomic E-state index is -1.58. The average molecular weight is 326 g/mol. The normalized spacial score (nSPS) is 11.7. The first kappa shape index (κ1) is 15.3. The predicted molar refractivity (Wildman–Crippen MR) is 81.4 cm³/mol. The zero-order valence-electron chi connectivity index (χ0n) is 11.0. The van der Waals surface area contributed by atoms with E-state index < -0.39 is 17.0 Å². The van der Waals surface area contributed by atoms with Gasteiger partial charge in [-0.3, -0.25) is 0 Å². The lowest BCUT2D eigenvalue weighted by molar-refractivity contribution is 0.0697. The van der Waals surface area contributed by atoms with E-state index in [9.17, 15) is 9.00 Å². The van der Waals surface area contributed by atoms with Gasteiger partial charge in [-0.05, 0) is 42.5 Å². The first-order chi connectivity index (χ1) is 10.0. The van der Waals surface area contributed by atoms with Crippen molar-refractivity contribution in [2.24, 2.45) is 0 Å². The van der Waals surface area contributed by atoms with Crippen molar-refractivity contribution >= 4 is 34.2 Å². The summed E-state index contributed by atoms with van der Waals surface area (Å²) in [6.45, 7) is 0. The number of nitrogens with one attached hydrogen (secondary N) is 1. The number of carbonyl (C=O) groups is 1. The first-order valence-corrected chi connectivity index (χ1v) is 7.39. The van der Waals surface area contributed by atoms with Crippen molar-refractivity contribution in [3.63, 3.8) is 0 Å². The van der Waals surface area contributed by atoms with Gasteiger partial charge in [-0.25, -0.2) is 9.00 Å². The fourth-order valence-electron chi connectivity index (χ4n) is 1.64. The Bertz CT molecular complexity index is 688. The Morgan fingerprint density at radius 1 is 1.24 bits per heavy atom. The number of ether oxygens (including phenoxy) is 1. The summed E-state index contributed by atoms with van der Waals surface area (Å²) in [4.78, 5) is 11.2. The summed E-state index contributed by atoms with van der Waals surface area (Å²) in [6, 6.07) is 10.8. The molecule has 0 aliphatic heterocycles. The van der Waals surface area contributed by atoms with Gasteiger partial charge in [0, 0.05) is 10.7 Å². The molecule has 0 aliphatic carbocycles. The van der Waals surface area contributed by atoms with Crippen LogP contribution in [0.1, 0.15) is 10.4 Å². The zero-order valence-corrected chi connectivity index (χ0v) is 12.6. The predicted octanol–water partition coefficient (Wildman–Crippen LogP) is 3.18. The fourth-order valence-corrected chi connectivity index (χ4v) is 2.90. The van der Waals surface area contributed by atoms with Crippen LogP contribution >= 0.6 is 11.6 Å². The topological polar surface area (TPSA) is 75.6 Å². The van der Waals surface area contributed by atoms with Crippen molar-refractivity contribution in [1.29, 1.82) is 0 Å². The maximum absolute atomic E-state index is 12.3. The summed E-state index contributed by atoms with van der Waals surface area (Å²) in [5.74, 6) is -0.563. The van der Waals surface area contributed by atoms with Crippen LogP contribution in [0.3, 0.4) is 0 Å². The van der Waals surface area contributed by atoms with Gasteiger partial charge in [-0.1, -0.05) is 11.6 Å². The third kappa shape index (κ3) is 3.74. The molecule has 2 rings (SSSR count). The Kier molecular flexibility index (Phi) is 4.82.